The molecule has 0 aliphatic carbocycles. The number of nitrogens with zero attached hydrogens (tertiary/aromatic N) is 1. The van der Waals surface area contributed by atoms with Gasteiger partial charge >= 0.3 is 0 Å². The lowest BCUT2D eigenvalue weighted by atomic mass is 10.1. The molecule has 22 heavy (non-hydrogen) atoms. The van der Waals surface area contributed by atoms with E-state index in [0.717, 1.165) is 24.3 Å². The Morgan fingerprint density at radius 1 is 1.23 bits per heavy atom. The van der Waals surface area contributed by atoms with Crippen LogP contribution in [0.1, 0.15) is 39.2 Å². The van der Waals surface area contributed by atoms with E-state index in [0.29, 0.717) is 19.6 Å². The van der Waals surface area contributed by atoms with Gasteiger partial charge in [-0.05, 0) is 44.9 Å². The zero-order chi connectivity index (χ0) is 16.2. The third kappa shape index (κ3) is 4.96. The first-order chi connectivity index (χ1) is 10.4. The zero-order valence-electron chi connectivity index (χ0n) is 14.1. The minimum absolute atomic E-state index is 0.00914. The molecule has 4 heteroatoms. The van der Waals surface area contributed by atoms with Gasteiger partial charge in [-0.3, -0.25) is 4.90 Å². The number of benzene rings is 1. The number of likely N-dealkylation sites (tertiary alicyclic amines) is 1. The van der Waals surface area contributed by atoms with Gasteiger partial charge in [-0.15, -0.1) is 0 Å². The fourth-order valence-corrected chi connectivity index (χ4v) is 2.80. The maximum absolute atomic E-state index is 14.2. The Hall–Kier alpha value is -1.13. The van der Waals surface area contributed by atoms with E-state index in [9.17, 15) is 4.39 Å². The number of ether oxygens (including phenoxy) is 2. The summed E-state index contributed by atoms with van der Waals surface area (Å²) < 4.78 is 25.2. The molecule has 0 aromatic heterocycles. The Morgan fingerprint density at radius 3 is 2.50 bits per heavy atom. The minimum atomic E-state index is -0.817. The second-order valence-electron chi connectivity index (χ2n) is 7.02. The zero-order valence-corrected chi connectivity index (χ0v) is 14.1. The largest absolute Gasteiger partial charge is 0.497 e. The van der Waals surface area contributed by atoms with Gasteiger partial charge in [0.2, 0.25) is 0 Å². The van der Waals surface area contributed by atoms with Crippen LogP contribution < -0.4 is 4.74 Å². The number of hydrogen-bond acceptors (Lipinski definition) is 3. The molecule has 124 valence electrons. The third-order valence-corrected chi connectivity index (χ3v) is 4.25. The van der Waals surface area contributed by atoms with Crippen LogP contribution >= 0.6 is 0 Å². The average Bonchev–Trinajstić information content (AvgIpc) is 2.67. The van der Waals surface area contributed by atoms with Gasteiger partial charge in [0.15, 0.2) is 0 Å². The van der Waals surface area contributed by atoms with Crippen LogP contribution in [0.25, 0.3) is 0 Å². The number of hydrogen-bond donors (Lipinski definition) is 0. The van der Waals surface area contributed by atoms with Crippen molar-refractivity contribution < 1.29 is 13.9 Å². The molecule has 1 fully saturated rings. The molecule has 2 rings (SSSR count). The molecule has 1 aromatic carbocycles. The first kappa shape index (κ1) is 17.2. The predicted octanol–water partition coefficient (Wildman–Crippen LogP) is 3.81. The van der Waals surface area contributed by atoms with Crippen molar-refractivity contribution in [1.29, 1.82) is 0 Å². The Morgan fingerprint density at radius 2 is 1.91 bits per heavy atom. The molecule has 1 saturated heterocycles. The van der Waals surface area contributed by atoms with Crippen LogP contribution in [0.15, 0.2) is 24.3 Å². The Labute approximate surface area is 133 Å². The second kappa shape index (κ2) is 7.42. The van der Waals surface area contributed by atoms with Gasteiger partial charge in [-0.2, -0.15) is 0 Å². The van der Waals surface area contributed by atoms with Crippen molar-refractivity contribution in [3.63, 3.8) is 0 Å². The van der Waals surface area contributed by atoms with E-state index in [1.54, 1.807) is 7.11 Å². The highest BCUT2D eigenvalue weighted by atomic mass is 19.1. The van der Waals surface area contributed by atoms with Gasteiger partial charge in [0.05, 0.1) is 19.8 Å². The number of methoxy groups -OCH3 is 1. The van der Waals surface area contributed by atoms with Crippen LogP contribution in [0.2, 0.25) is 0 Å². The summed E-state index contributed by atoms with van der Waals surface area (Å²) >= 11 is 0. The highest BCUT2D eigenvalue weighted by Crippen LogP contribution is 2.24. The molecule has 2 atom stereocenters. The van der Waals surface area contributed by atoms with E-state index >= 15 is 0 Å². The SMILES string of the molecule is COc1ccc(COC2CCN(C(C)(C)C)CC(F)C2)cc1. The molecule has 1 aliphatic heterocycles. The molecule has 1 aromatic rings. The molecule has 0 spiro atoms. The third-order valence-electron chi connectivity index (χ3n) is 4.25. The summed E-state index contributed by atoms with van der Waals surface area (Å²) in [6, 6.07) is 7.82. The summed E-state index contributed by atoms with van der Waals surface area (Å²) in [7, 11) is 1.65. The van der Waals surface area contributed by atoms with E-state index in [4.69, 9.17) is 9.47 Å². The lowest BCUT2D eigenvalue weighted by Crippen LogP contribution is -2.44. The summed E-state index contributed by atoms with van der Waals surface area (Å²) in [6.45, 7) is 8.33. The molecule has 0 radical (unpaired) electrons. The minimum Gasteiger partial charge on any atom is -0.497 e. The van der Waals surface area contributed by atoms with Crippen molar-refractivity contribution in [3.05, 3.63) is 29.8 Å². The molecule has 0 amide bonds. The normalized spacial score (nSPS) is 24.0. The number of halogens is 1. The van der Waals surface area contributed by atoms with Gasteiger partial charge in [-0.25, -0.2) is 4.39 Å². The Kier molecular flexibility index (Phi) is 5.81. The monoisotopic (exact) mass is 309 g/mol. The fraction of sp³-hybridized carbons (Fsp3) is 0.667. The lowest BCUT2D eigenvalue weighted by Gasteiger charge is -2.35. The predicted molar refractivity (Wildman–Crippen MR) is 87.0 cm³/mol. The first-order valence-corrected chi connectivity index (χ1v) is 8.02. The van der Waals surface area contributed by atoms with Crippen LogP contribution in [0.4, 0.5) is 4.39 Å². The van der Waals surface area contributed by atoms with Crippen molar-refractivity contribution in [3.8, 4) is 5.75 Å². The maximum atomic E-state index is 14.2. The summed E-state index contributed by atoms with van der Waals surface area (Å²) in [6.07, 6.45) is 0.545. The van der Waals surface area contributed by atoms with Crippen molar-refractivity contribution in [2.45, 2.75) is 58.0 Å². The van der Waals surface area contributed by atoms with E-state index in [1.165, 1.54) is 0 Å². The summed E-state index contributed by atoms with van der Waals surface area (Å²) in [5, 5.41) is 0. The van der Waals surface area contributed by atoms with Gasteiger partial charge in [0.25, 0.3) is 0 Å². The average molecular weight is 309 g/mol. The lowest BCUT2D eigenvalue weighted by molar-refractivity contribution is 0.0212. The Balaban J connectivity index is 1.87. The van der Waals surface area contributed by atoms with Crippen molar-refractivity contribution in [2.24, 2.45) is 0 Å². The molecule has 1 aliphatic rings. The van der Waals surface area contributed by atoms with Crippen LogP contribution in [0, 0.1) is 0 Å². The molecule has 0 saturated carbocycles. The molecule has 1 heterocycles. The molecule has 3 nitrogen and oxygen atoms in total. The van der Waals surface area contributed by atoms with E-state index < -0.39 is 6.17 Å². The maximum Gasteiger partial charge on any atom is 0.118 e. The smallest absolute Gasteiger partial charge is 0.118 e. The van der Waals surface area contributed by atoms with Gasteiger partial charge < -0.3 is 9.47 Å². The summed E-state index contributed by atoms with van der Waals surface area (Å²) in [5.41, 5.74) is 1.10. The van der Waals surface area contributed by atoms with Crippen LogP contribution in [0.3, 0.4) is 0 Å². The van der Waals surface area contributed by atoms with E-state index in [-0.39, 0.29) is 11.6 Å². The van der Waals surface area contributed by atoms with Gasteiger partial charge in [-0.1, -0.05) is 12.1 Å². The van der Waals surface area contributed by atoms with Crippen molar-refractivity contribution >= 4 is 0 Å². The molecular weight excluding hydrogens is 281 g/mol. The highest BCUT2D eigenvalue weighted by molar-refractivity contribution is 5.26. The molecule has 0 N–H and O–H groups in total. The standard InChI is InChI=1S/C18H28FNO2/c1-18(2,3)20-10-9-17(11-15(19)12-20)22-13-14-5-7-16(21-4)8-6-14/h5-8,15,17H,9-13H2,1-4H3. The number of rotatable bonds is 4. The quantitative estimate of drug-likeness (QED) is 0.844. The second-order valence-corrected chi connectivity index (χ2v) is 7.02. The van der Waals surface area contributed by atoms with Crippen molar-refractivity contribution in [1.82, 2.24) is 4.90 Å². The Bertz CT molecular complexity index is 455. The first-order valence-electron chi connectivity index (χ1n) is 8.02. The van der Waals surface area contributed by atoms with Gasteiger partial charge in [0, 0.05) is 25.0 Å². The van der Waals surface area contributed by atoms with E-state index in [1.807, 2.05) is 24.3 Å². The highest BCUT2D eigenvalue weighted by Gasteiger charge is 2.30. The van der Waals surface area contributed by atoms with Gasteiger partial charge in [0.1, 0.15) is 11.9 Å². The van der Waals surface area contributed by atoms with Crippen LogP contribution in [-0.2, 0) is 11.3 Å². The molecule has 2 unspecified atom stereocenters. The topological polar surface area (TPSA) is 21.7 Å². The van der Waals surface area contributed by atoms with Crippen LogP contribution in [-0.4, -0.2) is 42.9 Å². The van der Waals surface area contributed by atoms with Crippen molar-refractivity contribution in [2.75, 3.05) is 20.2 Å². The van der Waals surface area contributed by atoms with Crippen LogP contribution in [0.5, 0.6) is 5.75 Å². The summed E-state index contributed by atoms with van der Waals surface area (Å²) in [5.74, 6) is 0.836. The fourth-order valence-electron chi connectivity index (χ4n) is 2.80. The van der Waals surface area contributed by atoms with E-state index in [2.05, 4.69) is 25.7 Å². The number of alkyl halides is 1. The molecule has 0 bridgehead atoms. The molecular formula is C18H28FNO2. The summed E-state index contributed by atoms with van der Waals surface area (Å²) in [4.78, 5) is 2.22.